The number of pyridine rings is 1. The van der Waals surface area contributed by atoms with Crippen molar-refractivity contribution in [3.05, 3.63) is 188 Å². The fourth-order valence-electron chi connectivity index (χ4n) is 8.93. The van der Waals surface area contributed by atoms with Gasteiger partial charge >= 0.3 is 0 Å². The Morgan fingerprint density at radius 1 is 0.364 bits per heavy atom. The van der Waals surface area contributed by atoms with Crippen LogP contribution in [-0.4, -0.2) is 19.1 Å². The normalized spacial score (nSPS) is 12.0. The number of aromatic amines is 1. The Hall–Kier alpha value is -7.43. The van der Waals surface area contributed by atoms with Gasteiger partial charge in [-0.2, -0.15) is 0 Å². The van der Waals surface area contributed by atoms with Crippen LogP contribution in [0.15, 0.2) is 188 Å². The van der Waals surface area contributed by atoms with E-state index < -0.39 is 0 Å². The highest BCUT2D eigenvalue weighted by atomic mass is 15.0. The lowest BCUT2D eigenvalue weighted by Gasteiger charge is -2.15. The van der Waals surface area contributed by atoms with Gasteiger partial charge in [0.25, 0.3) is 0 Å². The average molecular weight is 701 g/mol. The zero-order valence-corrected chi connectivity index (χ0v) is 29.7. The van der Waals surface area contributed by atoms with E-state index in [4.69, 9.17) is 4.98 Å². The second-order valence-corrected chi connectivity index (χ2v) is 14.5. The minimum atomic E-state index is 0.899. The Kier molecular flexibility index (Phi) is 6.31. The number of rotatable bonds is 4. The highest BCUT2D eigenvalue weighted by molar-refractivity contribution is 6.13. The van der Waals surface area contributed by atoms with Gasteiger partial charge in [-0.1, -0.05) is 115 Å². The van der Waals surface area contributed by atoms with Crippen molar-refractivity contribution >= 4 is 65.4 Å². The van der Waals surface area contributed by atoms with E-state index in [2.05, 4.69) is 202 Å². The third-order valence-corrected chi connectivity index (χ3v) is 11.4. The molecule has 1 N–H and O–H groups in total. The van der Waals surface area contributed by atoms with Crippen molar-refractivity contribution < 1.29 is 0 Å². The number of fused-ring (bicyclic) bond motifs is 10. The van der Waals surface area contributed by atoms with Crippen molar-refractivity contribution in [3.8, 4) is 45.0 Å². The molecule has 4 heterocycles. The summed E-state index contributed by atoms with van der Waals surface area (Å²) in [6, 6.07) is 68.1. The number of nitrogens with one attached hydrogen (secondary N) is 1. The summed E-state index contributed by atoms with van der Waals surface area (Å²) in [6.45, 7) is 0. The summed E-state index contributed by atoms with van der Waals surface area (Å²) < 4.78 is 4.79. The largest absolute Gasteiger partial charge is 0.339 e. The lowest BCUT2D eigenvalue weighted by Crippen LogP contribution is -1.95. The Morgan fingerprint density at radius 2 is 0.891 bits per heavy atom. The predicted octanol–water partition coefficient (Wildman–Crippen LogP) is 13.3. The van der Waals surface area contributed by atoms with E-state index in [1.165, 1.54) is 49.2 Å². The summed E-state index contributed by atoms with van der Waals surface area (Å²) in [5, 5.41) is 7.28. The zero-order valence-electron chi connectivity index (χ0n) is 29.7. The lowest BCUT2D eigenvalue weighted by atomic mass is 9.93. The van der Waals surface area contributed by atoms with Gasteiger partial charge in [-0.05, 0) is 94.9 Å². The zero-order chi connectivity index (χ0) is 36.0. The van der Waals surface area contributed by atoms with Crippen LogP contribution in [0, 0.1) is 0 Å². The van der Waals surface area contributed by atoms with Crippen molar-refractivity contribution in [3.63, 3.8) is 0 Å². The Labute approximate surface area is 316 Å². The quantitative estimate of drug-likeness (QED) is 0.195. The molecule has 0 fully saturated rings. The molecule has 55 heavy (non-hydrogen) atoms. The number of H-pyrrole nitrogens is 1. The molecule has 2 aliphatic rings. The third-order valence-electron chi connectivity index (χ3n) is 11.4. The summed E-state index contributed by atoms with van der Waals surface area (Å²) in [7, 11) is 0. The predicted molar refractivity (Wildman–Crippen MR) is 230 cm³/mol. The highest BCUT2D eigenvalue weighted by Gasteiger charge is 2.20. The lowest BCUT2D eigenvalue weighted by molar-refractivity contribution is 1.18. The smallest absolute Gasteiger partial charge is 0.139 e. The number of hydrogen-bond donors (Lipinski definition) is 1. The molecular formula is C51H32N4. The fraction of sp³-hybridized carbons (Fsp3) is 0. The van der Waals surface area contributed by atoms with Crippen LogP contribution >= 0.6 is 0 Å². The van der Waals surface area contributed by atoms with E-state index >= 15 is 0 Å². The summed E-state index contributed by atoms with van der Waals surface area (Å²) >= 11 is 0. The van der Waals surface area contributed by atoms with Gasteiger partial charge in [0, 0.05) is 49.4 Å². The standard InChI is InChI=1S/C51H32N4/c1-3-13-36(14-4-1)54-46-21-11-8-18-39(46)41-25-23-32(30-48(41)54)34-27-35-29-44-38-17-7-10-20-45(38)52-51(44)53-50(35)43(28-34)33-24-26-42-40-19-9-12-22-47(40)55(49(42)31-33)37-15-5-2-6-16-37/h1-31H,(H,52,53). The van der Waals surface area contributed by atoms with Crippen LogP contribution < -0.4 is 0 Å². The molecule has 4 heteroatoms. The van der Waals surface area contributed by atoms with Gasteiger partial charge in [-0.25, -0.2) is 4.98 Å². The first-order valence-electron chi connectivity index (χ1n) is 18.8. The SMILES string of the molecule is c1ccc(-n2c3ccccc3c3ccc(-c4cc(-c5ccc6c7ccccc7n(-c7ccccc7)c6c5)c5[nH]c6nc7ccccc7c-6cc5c4)cc32)cc1. The van der Waals surface area contributed by atoms with Crippen LogP contribution in [0.25, 0.3) is 110 Å². The van der Waals surface area contributed by atoms with Crippen molar-refractivity contribution in [2.45, 2.75) is 0 Å². The van der Waals surface area contributed by atoms with Gasteiger partial charge in [0.05, 0.1) is 33.1 Å². The van der Waals surface area contributed by atoms with Crippen LogP contribution in [0.3, 0.4) is 0 Å². The van der Waals surface area contributed by atoms with Crippen LogP contribution in [-0.2, 0) is 0 Å². The Morgan fingerprint density at radius 3 is 1.55 bits per heavy atom. The molecule has 0 spiro atoms. The molecule has 2 aromatic heterocycles. The first kappa shape index (κ1) is 30.1. The Balaban J connectivity index is 1.15. The van der Waals surface area contributed by atoms with E-state index in [0.29, 0.717) is 0 Å². The first-order valence-corrected chi connectivity index (χ1v) is 18.8. The molecule has 0 saturated carbocycles. The average Bonchev–Trinajstić information content (AvgIpc) is 3.90. The van der Waals surface area contributed by atoms with Crippen LogP contribution in [0.1, 0.15) is 0 Å². The number of aromatic nitrogens is 4. The van der Waals surface area contributed by atoms with Gasteiger partial charge < -0.3 is 14.1 Å². The van der Waals surface area contributed by atoms with Gasteiger partial charge in [0.1, 0.15) is 5.82 Å². The summed E-state index contributed by atoms with van der Waals surface area (Å²) in [5.74, 6) is 0.899. The van der Waals surface area contributed by atoms with Crippen molar-refractivity contribution in [1.29, 1.82) is 0 Å². The van der Waals surface area contributed by atoms with Gasteiger partial charge in [-0.15, -0.1) is 0 Å². The number of hydrogen-bond acceptors (Lipinski definition) is 1. The molecule has 8 aromatic carbocycles. The van der Waals surface area contributed by atoms with Crippen molar-refractivity contribution in [1.82, 2.24) is 19.1 Å². The maximum atomic E-state index is 5.04. The van der Waals surface area contributed by atoms with Gasteiger partial charge in [-0.3, -0.25) is 0 Å². The minimum Gasteiger partial charge on any atom is -0.339 e. The molecule has 0 radical (unpaired) electrons. The maximum Gasteiger partial charge on any atom is 0.139 e. The van der Waals surface area contributed by atoms with E-state index in [1.54, 1.807) is 0 Å². The minimum absolute atomic E-state index is 0.899. The van der Waals surface area contributed by atoms with Crippen LogP contribution in [0.4, 0.5) is 0 Å². The molecule has 4 nitrogen and oxygen atoms in total. The molecule has 12 rings (SSSR count). The molecule has 10 aromatic rings. The molecule has 2 aliphatic heterocycles. The van der Waals surface area contributed by atoms with E-state index in [-0.39, 0.29) is 0 Å². The molecule has 0 saturated heterocycles. The van der Waals surface area contributed by atoms with Crippen LogP contribution in [0.5, 0.6) is 0 Å². The van der Waals surface area contributed by atoms with Crippen molar-refractivity contribution in [2.75, 3.05) is 0 Å². The summed E-state index contributed by atoms with van der Waals surface area (Å²) in [6.07, 6.45) is 0. The summed E-state index contributed by atoms with van der Waals surface area (Å²) in [4.78, 5) is 8.87. The molecule has 0 unspecified atom stereocenters. The topological polar surface area (TPSA) is 38.5 Å². The number of para-hydroxylation sites is 5. The number of benzene rings is 8. The van der Waals surface area contributed by atoms with E-state index in [1.807, 2.05) is 0 Å². The van der Waals surface area contributed by atoms with Crippen LogP contribution in [0.2, 0.25) is 0 Å². The second kappa shape index (κ2) is 11.5. The molecule has 0 aliphatic carbocycles. The van der Waals surface area contributed by atoms with Gasteiger partial charge in [0.2, 0.25) is 0 Å². The molecule has 0 atom stereocenters. The fourth-order valence-corrected chi connectivity index (χ4v) is 8.93. The van der Waals surface area contributed by atoms with Gasteiger partial charge in [0.15, 0.2) is 0 Å². The van der Waals surface area contributed by atoms with E-state index in [9.17, 15) is 0 Å². The monoisotopic (exact) mass is 700 g/mol. The Bertz CT molecular complexity index is 3420. The number of nitrogens with zero attached hydrogens (tertiary/aromatic N) is 3. The molecule has 0 bridgehead atoms. The van der Waals surface area contributed by atoms with Crippen molar-refractivity contribution in [2.24, 2.45) is 0 Å². The molecular weight excluding hydrogens is 669 g/mol. The second-order valence-electron chi connectivity index (χ2n) is 14.5. The molecule has 0 amide bonds. The first-order chi connectivity index (χ1) is 27.3. The van der Waals surface area contributed by atoms with E-state index in [0.717, 1.165) is 61.3 Å². The maximum absolute atomic E-state index is 5.04. The highest BCUT2D eigenvalue weighted by Crippen LogP contribution is 2.42. The summed E-state index contributed by atoms with van der Waals surface area (Å²) in [5.41, 5.74) is 14.9. The molecule has 256 valence electrons. The third kappa shape index (κ3) is 4.49.